The van der Waals surface area contributed by atoms with E-state index in [4.69, 9.17) is 14.2 Å². The number of thiazole rings is 1. The van der Waals surface area contributed by atoms with Gasteiger partial charge in [-0.1, -0.05) is 25.1 Å². The highest BCUT2D eigenvalue weighted by atomic mass is 32.1. The molecule has 4 aromatic rings. The van der Waals surface area contributed by atoms with Crippen LogP contribution in [0.3, 0.4) is 0 Å². The summed E-state index contributed by atoms with van der Waals surface area (Å²) in [6.07, 6.45) is 1.14. The number of urea groups is 1. The first kappa shape index (κ1) is 31.8. The molecule has 0 saturated heterocycles. The number of carbonyl (C=O) groups is 3. The summed E-state index contributed by atoms with van der Waals surface area (Å²) in [6, 6.07) is 16.4. The molecule has 3 aromatic carbocycles. The molecule has 47 heavy (non-hydrogen) atoms. The predicted octanol–water partition coefficient (Wildman–Crippen LogP) is 5.18. The van der Waals surface area contributed by atoms with Crippen molar-refractivity contribution in [1.82, 2.24) is 14.8 Å². The Hall–Kier alpha value is -5.14. The van der Waals surface area contributed by atoms with Gasteiger partial charge in [-0.15, -0.1) is 11.3 Å². The van der Waals surface area contributed by atoms with E-state index in [-0.39, 0.29) is 61.6 Å². The van der Waals surface area contributed by atoms with Crippen LogP contribution in [-0.4, -0.2) is 83.4 Å². The van der Waals surface area contributed by atoms with Crippen LogP contribution in [0.4, 0.5) is 16.2 Å². The van der Waals surface area contributed by atoms with Gasteiger partial charge >= 0.3 is 6.03 Å². The van der Waals surface area contributed by atoms with Gasteiger partial charge in [0.2, 0.25) is 6.79 Å². The number of fused-ring (bicyclic) bond motifs is 2. The summed E-state index contributed by atoms with van der Waals surface area (Å²) in [5.41, 5.74) is 2.42. The van der Waals surface area contributed by atoms with Crippen LogP contribution in [0.1, 0.15) is 34.6 Å². The number of rotatable bonds is 8. The molecule has 6 rings (SSSR count). The monoisotopic (exact) mass is 657 g/mol. The fraction of sp³-hybridized carbons (Fsp3) is 0.294. The second-order valence-corrected chi connectivity index (χ2v) is 12.4. The number of amides is 4. The molecule has 0 saturated carbocycles. The first-order valence-corrected chi connectivity index (χ1v) is 16.0. The zero-order valence-electron chi connectivity index (χ0n) is 26.1. The number of carbonyl (C=O) groups excluding carboxylic acids is 3. The lowest BCUT2D eigenvalue weighted by molar-refractivity contribution is 0.0372. The molecule has 2 aliphatic rings. The third-order valence-electron chi connectivity index (χ3n) is 8.19. The Balaban J connectivity index is 1.25. The maximum Gasteiger partial charge on any atom is 0.321 e. The van der Waals surface area contributed by atoms with Gasteiger partial charge in [-0.3, -0.25) is 9.59 Å². The van der Waals surface area contributed by atoms with Crippen LogP contribution in [0.2, 0.25) is 0 Å². The van der Waals surface area contributed by atoms with E-state index in [1.54, 1.807) is 73.6 Å². The average molecular weight is 658 g/mol. The fourth-order valence-corrected chi connectivity index (χ4v) is 6.07. The maximum atomic E-state index is 13.8. The van der Waals surface area contributed by atoms with E-state index < -0.39 is 12.1 Å². The third kappa shape index (κ3) is 6.86. The first-order valence-electron chi connectivity index (χ1n) is 15.2. The van der Waals surface area contributed by atoms with E-state index in [0.717, 1.165) is 10.6 Å². The Kier molecular flexibility index (Phi) is 9.27. The number of nitrogens with zero attached hydrogens (tertiary/aromatic N) is 3. The van der Waals surface area contributed by atoms with E-state index in [1.807, 2.05) is 24.4 Å². The minimum Gasteiger partial charge on any atom is -0.485 e. The Morgan fingerprint density at radius 1 is 1.11 bits per heavy atom. The van der Waals surface area contributed by atoms with Crippen LogP contribution in [0.5, 0.6) is 17.2 Å². The van der Waals surface area contributed by atoms with Gasteiger partial charge < -0.3 is 39.8 Å². The Morgan fingerprint density at radius 2 is 1.89 bits per heavy atom. The highest BCUT2D eigenvalue weighted by molar-refractivity contribution is 7.13. The van der Waals surface area contributed by atoms with Gasteiger partial charge in [-0.25, -0.2) is 9.78 Å². The molecule has 3 atom stereocenters. The first-order chi connectivity index (χ1) is 22.7. The Labute approximate surface area is 275 Å². The van der Waals surface area contributed by atoms with Gasteiger partial charge in [-0.05, 0) is 43.3 Å². The van der Waals surface area contributed by atoms with Gasteiger partial charge in [0.05, 0.1) is 30.4 Å². The predicted molar refractivity (Wildman–Crippen MR) is 177 cm³/mol. The molecule has 0 fully saturated rings. The molecule has 3 heterocycles. The SMILES string of the molecule is C[C@@H]1CN([C@@H](C)CO)C(=O)c2cccc(NC(=O)c3ccc(-c4nccs4)cc3)c2O[C@H]1CN(C)C(=O)Nc1ccc2c(c1)OCO2. The standard InChI is InChI=1S/C34H35N5O7S/c1-20-16-39(21(2)18-40)33(42)25-5-4-6-26(37-31(41)22-7-9-23(10-8-22)32-35-13-14-47-32)30(25)46-29(20)17-38(3)34(43)36-24-11-12-27-28(15-24)45-19-44-27/h4-15,20-21,29,40H,16-19H2,1-3H3,(H,36,43)(H,37,41)/t20-,21+,29+/m1/s1. The number of para-hydroxylation sites is 1. The molecule has 244 valence electrons. The summed E-state index contributed by atoms with van der Waals surface area (Å²) in [7, 11) is 1.65. The molecule has 0 spiro atoms. The summed E-state index contributed by atoms with van der Waals surface area (Å²) < 4.78 is 17.3. The number of hydrogen-bond donors (Lipinski definition) is 3. The van der Waals surface area contributed by atoms with Gasteiger partial charge in [0, 0.05) is 54.0 Å². The minimum atomic E-state index is -0.585. The lowest BCUT2D eigenvalue weighted by Crippen LogP contribution is -2.50. The van der Waals surface area contributed by atoms with Crippen molar-refractivity contribution in [3.63, 3.8) is 0 Å². The molecule has 12 nitrogen and oxygen atoms in total. The summed E-state index contributed by atoms with van der Waals surface area (Å²) in [6.45, 7) is 4.03. The molecule has 3 N–H and O–H groups in total. The van der Waals surface area contributed by atoms with Crippen molar-refractivity contribution < 1.29 is 33.7 Å². The van der Waals surface area contributed by atoms with Crippen molar-refractivity contribution in [3.8, 4) is 27.8 Å². The van der Waals surface area contributed by atoms with Gasteiger partial charge in [-0.2, -0.15) is 0 Å². The third-order valence-corrected chi connectivity index (χ3v) is 9.01. The number of likely N-dealkylation sites (N-methyl/N-ethyl adjacent to an activating group) is 1. The second kappa shape index (κ2) is 13.7. The van der Waals surface area contributed by atoms with Crippen molar-refractivity contribution in [2.24, 2.45) is 5.92 Å². The number of anilines is 2. The number of nitrogens with one attached hydrogen (secondary N) is 2. The molecule has 0 aliphatic carbocycles. The molecular formula is C34H35N5O7S. The molecule has 13 heteroatoms. The van der Waals surface area contributed by atoms with Crippen LogP contribution in [0, 0.1) is 5.92 Å². The summed E-state index contributed by atoms with van der Waals surface area (Å²) in [5, 5.41) is 18.5. The quantitative estimate of drug-likeness (QED) is 0.236. The van der Waals surface area contributed by atoms with Gasteiger partial charge in [0.15, 0.2) is 17.2 Å². The largest absolute Gasteiger partial charge is 0.485 e. The number of aromatic nitrogens is 1. The Bertz CT molecular complexity index is 1770. The van der Waals surface area contributed by atoms with E-state index in [2.05, 4.69) is 15.6 Å². The van der Waals surface area contributed by atoms with Crippen LogP contribution in [-0.2, 0) is 0 Å². The lowest BCUT2D eigenvalue weighted by atomic mass is 9.99. The van der Waals surface area contributed by atoms with E-state index in [9.17, 15) is 19.5 Å². The van der Waals surface area contributed by atoms with E-state index >= 15 is 0 Å². The highest BCUT2D eigenvalue weighted by Crippen LogP contribution is 2.36. The van der Waals surface area contributed by atoms with Crippen LogP contribution >= 0.6 is 11.3 Å². The molecule has 2 aliphatic heterocycles. The second-order valence-electron chi connectivity index (χ2n) is 11.6. The van der Waals surface area contributed by atoms with Crippen LogP contribution in [0.15, 0.2) is 72.2 Å². The Morgan fingerprint density at radius 3 is 2.64 bits per heavy atom. The summed E-state index contributed by atoms with van der Waals surface area (Å²) in [4.78, 5) is 47.9. The summed E-state index contributed by atoms with van der Waals surface area (Å²) in [5.74, 6) is 0.383. The molecule has 0 radical (unpaired) electrons. The maximum absolute atomic E-state index is 13.8. The van der Waals surface area contributed by atoms with Crippen molar-refractivity contribution in [1.29, 1.82) is 0 Å². The molecule has 0 unspecified atom stereocenters. The van der Waals surface area contributed by atoms with E-state index in [0.29, 0.717) is 28.4 Å². The average Bonchev–Trinajstić information content (AvgIpc) is 3.79. The number of ether oxygens (including phenoxy) is 3. The number of hydrogen-bond acceptors (Lipinski definition) is 9. The summed E-state index contributed by atoms with van der Waals surface area (Å²) >= 11 is 1.51. The van der Waals surface area contributed by atoms with Crippen LogP contribution < -0.4 is 24.8 Å². The zero-order chi connectivity index (χ0) is 33.1. The van der Waals surface area contributed by atoms with Crippen LogP contribution in [0.25, 0.3) is 10.6 Å². The lowest BCUT2D eigenvalue weighted by Gasteiger charge is -2.38. The van der Waals surface area contributed by atoms with Crippen molar-refractivity contribution >= 4 is 40.6 Å². The molecule has 4 amide bonds. The molecule has 1 aromatic heterocycles. The van der Waals surface area contributed by atoms with Crippen molar-refractivity contribution in [2.75, 3.05) is 44.2 Å². The fourth-order valence-electron chi connectivity index (χ4n) is 5.43. The molecular weight excluding hydrogens is 622 g/mol. The number of aliphatic hydroxyl groups excluding tert-OH is 1. The van der Waals surface area contributed by atoms with Crippen molar-refractivity contribution in [3.05, 3.63) is 83.4 Å². The number of aliphatic hydroxyl groups is 1. The normalized spacial score (nSPS) is 17.5. The van der Waals surface area contributed by atoms with Crippen molar-refractivity contribution in [2.45, 2.75) is 26.0 Å². The molecule has 0 bridgehead atoms. The van der Waals surface area contributed by atoms with E-state index in [1.165, 1.54) is 16.2 Å². The minimum absolute atomic E-state index is 0.126. The smallest absolute Gasteiger partial charge is 0.321 e. The topological polar surface area (TPSA) is 143 Å². The highest BCUT2D eigenvalue weighted by Gasteiger charge is 2.35. The van der Waals surface area contributed by atoms with Gasteiger partial charge in [0.25, 0.3) is 11.8 Å². The van der Waals surface area contributed by atoms with Gasteiger partial charge in [0.1, 0.15) is 11.1 Å². The number of benzene rings is 3. The zero-order valence-corrected chi connectivity index (χ0v) is 27.0.